The van der Waals surface area contributed by atoms with Gasteiger partial charge in [0.2, 0.25) is 5.78 Å². The Morgan fingerprint density at radius 3 is 2.51 bits per heavy atom. The summed E-state index contributed by atoms with van der Waals surface area (Å²) in [6.45, 7) is 2.48. The number of nitrogens with two attached hydrogens (primary N) is 1. The minimum atomic E-state index is -0.212. The fourth-order valence-corrected chi connectivity index (χ4v) is 3.81. The highest BCUT2D eigenvalue weighted by atomic mass is 16.3. The van der Waals surface area contributed by atoms with E-state index in [0.29, 0.717) is 29.1 Å². The molecular formula is C26H30N6O3. The molecule has 35 heavy (non-hydrogen) atoms. The van der Waals surface area contributed by atoms with Gasteiger partial charge in [0.05, 0.1) is 17.9 Å². The second kappa shape index (κ2) is 11.1. The lowest BCUT2D eigenvalue weighted by atomic mass is 10.1. The maximum atomic E-state index is 12.8. The van der Waals surface area contributed by atoms with Crippen molar-refractivity contribution >= 4 is 11.7 Å². The number of carbonyl (C=O) groups excluding carboxylic acids is 1. The van der Waals surface area contributed by atoms with Crippen molar-refractivity contribution < 1.29 is 9.90 Å². The van der Waals surface area contributed by atoms with E-state index in [1.54, 1.807) is 29.8 Å². The Bertz CT molecular complexity index is 1340. The Hall–Kier alpha value is -3.79. The minimum absolute atomic E-state index is 0.0850. The number of hydrogen-bond acceptors (Lipinski definition) is 6. The lowest BCUT2D eigenvalue weighted by molar-refractivity contribution is 0.0767. The Balaban J connectivity index is 1.54. The number of nitrogens with zero attached hydrogens (tertiary/aromatic N) is 3. The molecule has 4 rings (SSSR count). The molecule has 0 aliphatic heterocycles. The van der Waals surface area contributed by atoms with E-state index in [-0.39, 0.29) is 24.6 Å². The average molecular weight is 475 g/mol. The van der Waals surface area contributed by atoms with E-state index in [1.165, 1.54) is 4.90 Å². The molecule has 0 aliphatic carbocycles. The number of amides is 1. The van der Waals surface area contributed by atoms with E-state index in [1.807, 2.05) is 42.6 Å². The summed E-state index contributed by atoms with van der Waals surface area (Å²) in [6.07, 6.45) is 4.56. The highest BCUT2D eigenvalue weighted by Crippen LogP contribution is 2.21. The van der Waals surface area contributed by atoms with Gasteiger partial charge in [0, 0.05) is 43.7 Å². The van der Waals surface area contributed by atoms with Gasteiger partial charge in [-0.2, -0.15) is 0 Å². The summed E-state index contributed by atoms with van der Waals surface area (Å²) in [5.41, 5.74) is 9.85. The predicted molar refractivity (Wildman–Crippen MR) is 136 cm³/mol. The third-order valence-electron chi connectivity index (χ3n) is 5.83. The molecule has 9 nitrogen and oxygen atoms in total. The number of fused-ring (bicyclic) bond motifs is 1. The molecule has 0 aliphatic rings. The second-order valence-electron chi connectivity index (χ2n) is 8.40. The quantitative estimate of drug-likeness (QED) is 0.260. The second-order valence-corrected chi connectivity index (χ2v) is 8.40. The van der Waals surface area contributed by atoms with E-state index < -0.39 is 0 Å². The molecule has 2 aromatic heterocycles. The van der Waals surface area contributed by atoms with Crippen LogP contribution in [0.1, 0.15) is 22.3 Å². The number of H-pyrrole nitrogens is 1. The number of nitrogens with one attached hydrogen (secondary N) is 2. The molecule has 0 atom stereocenters. The van der Waals surface area contributed by atoms with Crippen LogP contribution < -0.4 is 16.6 Å². The fourth-order valence-electron chi connectivity index (χ4n) is 3.81. The van der Waals surface area contributed by atoms with E-state index in [4.69, 9.17) is 10.8 Å². The molecule has 2 heterocycles. The van der Waals surface area contributed by atoms with Gasteiger partial charge in [-0.25, -0.2) is 4.98 Å². The van der Waals surface area contributed by atoms with Gasteiger partial charge in [-0.3, -0.25) is 19.0 Å². The van der Waals surface area contributed by atoms with Crippen molar-refractivity contribution in [1.29, 1.82) is 0 Å². The molecule has 9 heteroatoms. The summed E-state index contributed by atoms with van der Waals surface area (Å²) in [5.74, 6) is 0.282. The first-order valence-corrected chi connectivity index (χ1v) is 11.6. The van der Waals surface area contributed by atoms with Crippen molar-refractivity contribution in [1.82, 2.24) is 24.6 Å². The first-order chi connectivity index (χ1) is 17.0. The van der Waals surface area contributed by atoms with Crippen LogP contribution in [0.25, 0.3) is 28.2 Å². The number of benzene rings is 2. The summed E-state index contributed by atoms with van der Waals surface area (Å²) in [7, 11) is 1.65. The third kappa shape index (κ3) is 5.65. The van der Waals surface area contributed by atoms with Crippen molar-refractivity contribution in [2.45, 2.75) is 13.0 Å². The normalized spacial score (nSPS) is 11.2. The summed E-state index contributed by atoms with van der Waals surface area (Å²) in [5, 5.41) is 12.4. The number of aliphatic hydroxyl groups is 1. The number of likely N-dealkylation sites (N-methyl/N-ethyl adjacent to an activating group) is 1. The van der Waals surface area contributed by atoms with Gasteiger partial charge in [0.25, 0.3) is 11.5 Å². The van der Waals surface area contributed by atoms with Crippen LogP contribution in [-0.2, 0) is 6.54 Å². The van der Waals surface area contributed by atoms with E-state index in [0.717, 1.165) is 36.2 Å². The lowest BCUT2D eigenvalue weighted by Gasteiger charge is -2.15. The SMILES string of the molecule is CN(CCO)C(=O)c1ccc(-c2cn3cc(-c4ccc(CNCCCN)cc4)c(=O)[nH]c3n2)cc1. The molecule has 2 aromatic carbocycles. The molecule has 4 aromatic rings. The van der Waals surface area contributed by atoms with Crippen LogP contribution in [-0.4, -0.2) is 63.6 Å². The molecule has 0 fully saturated rings. The van der Waals surface area contributed by atoms with E-state index >= 15 is 0 Å². The van der Waals surface area contributed by atoms with Crippen LogP contribution >= 0.6 is 0 Å². The number of aromatic nitrogens is 3. The maximum absolute atomic E-state index is 12.8. The van der Waals surface area contributed by atoms with Crippen molar-refractivity contribution in [3.8, 4) is 22.4 Å². The monoisotopic (exact) mass is 474 g/mol. The lowest BCUT2D eigenvalue weighted by Crippen LogP contribution is -2.29. The maximum Gasteiger partial charge on any atom is 0.260 e. The molecule has 182 valence electrons. The summed E-state index contributed by atoms with van der Waals surface area (Å²) < 4.78 is 1.79. The van der Waals surface area contributed by atoms with Crippen LogP contribution in [0.4, 0.5) is 0 Å². The van der Waals surface area contributed by atoms with Gasteiger partial charge in [-0.15, -0.1) is 0 Å². The topological polar surface area (TPSA) is 129 Å². The molecule has 0 saturated heterocycles. The van der Waals surface area contributed by atoms with Gasteiger partial charge in [0.1, 0.15) is 0 Å². The zero-order chi connectivity index (χ0) is 24.8. The number of aliphatic hydroxyl groups excluding tert-OH is 1. The molecular weight excluding hydrogens is 444 g/mol. The van der Waals surface area contributed by atoms with Crippen LogP contribution in [0.5, 0.6) is 0 Å². The Labute approximate surface area is 203 Å². The smallest absolute Gasteiger partial charge is 0.260 e. The Morgan fingerprint density at radius 2 is 1.83 bits per heavy atom. The van der Waals surface area contributed by atoms with E-state index in [9.17, 15) is 9.59 Å². The molecule has 5 N–H and O–H groups in total. The zero-order valence-corrected chi connectivity index (χ0v) is 19.7. The van der Waals surface area contributed by atoms with Gasteiger partial charge in [-0.05, 0) is 42.8 Å². The Morgan fingerprint density at radius 1 is 1.11 bits per heavy atom. The third-order valence-corrected chi connectivity index (χ3v) is 5.83. The number of carbonyl (C=O) groups is 1. The molecule has 0 unspecified atom stereocenters. The van der Waals surface area contributed by atoms with Crippen molar-refractivity contribution in [2.75, 3.05) is 33.3 Å². The molecule has 0 radical (unpaired) electrons. The van der Waals surface area contributed by atoms with Crippen LogP contribution in [0, 0.1) is 0 Å². The largest absolute Gasteiger partial charge is 0.395 e. The average Bonchev–Trinajstić information content (AvgIpc) is 3.29. The minimum Gasteiger partial charge on any atom is -0.395 e. The molecule has 0 saturated carbocycles. The van der Waals surface area contributed by atoms with Crippen LogP contribution in [0.15, 0.2) is 65.7 Å². The highest BCUT2D eigenvalue weighted by molar-refractivity contribution is 5.94. The van der Waals surface area contributed by atoms with Gasteiger partial charge in [0.15, 0.2) is 0 Å². The fraction of sp³-hybridized carbons (Fsp3) is 0.269. The van der Waals surface area contributed by atoms with Crippen molar-refractivity contribution in [3.05, 3.63) is 82.4 Å². The first kappa shape index (κ1) is 24.3. The zero-order valence-electron chi connectivity index (χ0n) is 19.7. The summed E-state index contributed by atoms with van der Waals surface area (Å²) >= 11 is 0. The van der Waals surface area contributed by atoms with Crippen LogP contribution in [0.2, 0.25) is 0 Å². The van der Waals surface area contributed by atoms with Gasteiger partial charge in [-0.1, -0.05) is 36.4 Å². The first-order valence-electron chi connectivity index (χ1n) is 11.6. The highest BCUT2D eigenvalue weighted by Gasteiger charge is 2.13. The number of rotatable bonds is 10. The molecule has 1 amide bonds. The molecule has 0 bridgehead atoms. The standard InChI is InChI=1S/C26H30N6O3/c1-31(13-14-33)25(35)21-9-7-20(8-10-21)23-17-32-16-22(24(34)30-26(32)29-23)19-5-3-18(4-6-19)15-28-12-2-11-27/h3-10,16-17,28,33H,2,11-15,27H2,1H3,(H,29,30,34). The van der Waals surface area contributed by atoms with E-state index in [2.05, 4.69) is 15.3 Å². The van der Waals surface area contributed by atoms with Crippen LogP contribution in [0.3, 0.4) is 0 Å². The molecule has 0 spiro atoms. The van der Waals surface area contributed by atoms with Gasteiger partial charge >= 0.3 is 0 Å². The van der Waals surface area contributed by atoms with Gasteiger partial charge < -0.3 is 21.1 Å². The Kier molecular flexibility index (Phi) is 7.71. The summed E-state index contributed by atoms with van der Waals surface area (Å²) in [4.78, 5) is 34.0. The van der Waals surface area contributed by atoms with Crippen molar-refractivity contribution in [2.24, 2.45) is 5.73 Å². The number of hydrogen-bond donors (Lipinski definition) is 4. The predicted octanol–water partition coefficient (Wildman–Crippen LogP) is 1.86. The number of aromatic amines is 1. The number of imidazole rings is 1. The van der Waals surface area contributed by atoms with Crippen molar-refractivity contribution in [3.63, 3.8) is 0 Å². The summed E-state index contributed by atoms with van der Waals surface area (Å²) in [6, 6.07) is 15.0.